The van der Waals surface area contributed by atoms with E-state index < -0.39 is 0 Å². The summed E-state index contributed by atoms with van der Waals surface area (Å²) in [5.41, 5.74) is 1.31. The average molecular weight is 374 g/mol. The number of carbonyl (C=O) groups is 1. The fourth-order valence-electron chi connectivity index (χ4n) is 4.41. The molecule has 1 spiro atoms. The van der Waals surface area contributed by atoms with Gasteiger partial charge in [0.2, 0.25) is 0 Å². The Balaban J connectivity index is 1.65. The van der Waals surface area contributed by atoms with Crippen LogP contribution < -0.4 is 10.1 Å². The molecule has 2 aliphatic rings. The lowest BCUT2D eigenvalue weighted by molar-refractivity contribution is -0.134. The predicted octanol–water partition coefficient (Wildman–Crippen LogP) is 2.87. The second kappa shape index (κ2) is 9.07. The summed E-state index contributed by atoms with van der Waals surface area (Å²) in [4.78, 5) is 17.5. The van der Waals surface area contributed by atoms with Crippen molar-refractivity contribution in [1.82, 2.24) is 15.1 Å². The van der Waals surface area contributed by atoms with Gasteiger partial charge in [-0.3, -0.25) is 9.69 Å². The standard InChI is InChI=1S/C22H35N3O2/c1-4-18(2)19-8-5-6-9-20(19)27-16-21(26)25-15-7-14-24(3)22(17-25)10-12-23-13-11-22/h5-6,8-9,18,23H,4,7,10-17H2,1-3H3. The van der Waals surface area contributed by atoms with Crippen LogP contribution in [0, 0.1) is 0 Å². The number of carbonyl (C=O) groups excluding carboxylic acids is 1. The SMILES string of the molecule is CCC(C)c1ccccc1OCC(=O)N1CCCN(C)C2(CCNCC2)C1. The minimum atomic E-state index is 0.113. The van der Waals surface area contributed by atoms with Crippen molar-refractivity contribution in [2.75, 3.05) is 46.4 Å². The van der Waals surface area contributed by atoms with E-state index >= 15 is 0 Å². The Bertz CT molecular complexity index is 628. The molecule has 1 aromatic rings. The fourth-order valence-corrected chi connectivity index (χ4v) is 4.41. The van der Waals surface area contributed by atoms with Gasteiger partial charge in [0, 0.05) is 25.2 Å². The first-order valence-electron chi connectivity index (χ1n) is 10.5. The highest BCUT2D eigenvalue weighted by molar-refractivity contribution is 5.78. The zero-order valence-corrected chi connectivity index (χ0v) is 17.2. The number of piperidine rings is 1. The molecule has 1 aromatic carbocycles. The van der Waals surface area contributed by atoms with Crippen LogP contribution in [0.15, 0.2) is 24.3 Å². The number of rotatable bonds is 5. The molecule has 2 fully saturated rings. The second-order valence-corrected chi connectivity index (χ2v) is 8.20. The van der Waals surface area contributed by atoms with Crippen molar-refractivity contribution in [3.05, 3.63) is 29.8 Å². The molecule has 0 saturated carbocycles. The average Bonchev–Trinajstić information content (AvgIpc) is 2.86. The van der Waals surface area contributed by atoms with Crippen LogP contribution in [0.4, 0.5) is 0 Å². The van der Waals surface area contributed by atoms with Gasteiger partial charge in [0.15, 0.2) is 6.61 Å². The van der Waals surface area contributed by atoms with Crippen LogP contribution >= 0.6 is 0 Å². The van der Waals surface area contributed by atoms with Crippen LogP contribution in [-0.4, -0.2) is 67.6 Å². The van der Waals surface area contributed by atoms with Crippen molar-refractivity contribution >= 4 is 5.91 Å². The van der Waals surface area contributed by atoms with Crippen molar-refractivity contribution in [2.45, 2.75) is 51.0 Å². The van der Waals surface area contributed by atoms with Gasteiger partial charge in [-0.1, -0.05) is 32.0 Å². The van der Waals surface area contributed by atoms with Gasteiger partial charge in [-0.25, -0.2) is 0 Å². The van der Waals surface area contributed by atoms with Crippen molar-refractivity contribution in [1.29, 1.82) is 0 Å². The maximum absolute atomic E-state index is 13.0. The van der Waals surface area contributed by atoms with E-state index in [1.807, 2.05) is 23.1 Å². The summed E-state index contributed by atoms with van der Waals surface area (Å²) in [5.74, 6) is 1.40. The Morgan fingerprint density at radius 3 is 2.74 bits per heavy atom. The summed E-state index contributed by atoms with van der Waals surface area (Å²) < 4.78 is 6.00. The van der Waals surface area contributed by atoms with Crippen LogP contribution in [-0.2, 0) is 4.79 Å². The van der Waals surface area contributed by atoms with E-state index in [1.54, 1.807) is 0 Å². The fraction of sp³-hybridized carbons (Fsp3) is 0.682. The first-order chi connectivity index (χ1) is 13.1. The van der Waals surface area contributed by atoms with E-state index in [-0.39, 0.29) is 18.1 Å². The topological polar surface area (TPSA) is 44.8 Å². The van der Waals surface area contributed by atoms with E-state index in [0.717, 1.165) is 64.2 Å². The highest BCUT2D eigenvalue weighted by Gasteiger charge is 2.40. The molecule has 1 amide bonds. The molecule has 0 aliphatic carbocycles. The highest BCUT2D eigenvalue weighted by atomic mass is 16.5. The van der Waals surface area contributed by atoms with Gasteiger partial charge in [0.05, 0.1) is 0 Å². The van der Waals surface area contributed by atoms with E-state index in [9.17, 15) is 4.79 Å². The Morgan fingerprint density at radius 1 is 1.26 bits per heavy atom. The first kappa shape index (κ1) is 20.2. The van der Waals surface area contributed by atoms with Gasteiger partial charge >= 0.3 is 0 Å². The Kier molecular flexibility index (Phi) is 6.77. The van der Waals surface area contributed by atoms with E-state index in [2.05, 4.69) is 37.2 Å². The minimum Gasteiger partial charge on any atom is -0.483 e. The third-order valence-electron chi connectivity index (χ3n) is 6.52. The third kappa shape index (κ3) is 4.64. The van der Waals surface area contributed by atoms with Crippen molar-refractivity contribution in [2.24, 2.45) is 0 Å². The first-order valence-corrected chi connectivity index (χ1v) is 10.5. The molecule has 2 saturated heterocycles. The van der Waals surface area contributed by atoms with Gasteiger partial charge in [-0.05, 0) is 63.4 Å². The highest BCUT2D eigenvalue weighted by Crippen LogP contribution is 2.30. The molecule has 0 radical (unpaired) electrons. The molecule has 2 heterocycles. The van der Waals surface area contributed by atoms with E-state index in [0.29, 0.717) is 5.92 Å². The summed E-state index contributed by atoms with van der Waals surface area (Å²) in [5, 5.41) is 3.46. The van der Waals surface area contributed by atoms with Crippen molar-refractivity contribution in [3.63, 3.8) is 0 Å². The third-order valence-corrected chi connectivity index (χ3v) is 6.52. The van der Waals surface area contributed by atoms with Crippen LogP contribution in [0.5, 0.6) is 5.75 Å². The normalized spacial score (nSPS) is 21.7. The molecule has 5 heteroatoms. The van der Waals surface area contributed by atoms with Crippen molar-refractivity contribution in [3.8, 4) is 5.75 Å². The number of amides is 1. The number of hydrogen-bond acceptors (Lipinski definition) is 4. The van der Waals surface area contributed by atoms with Crippen LogP contribution in [0.25, 0.3) is 0 Å². The number of para-hydroxylation sites is 1. The largest absolute Gasteiger partial charge is 0.483 e. The molecule has 3 rings (SSSR count). The monoisotopic (exact) mass is 373 g/mol. The molecule has 27 heavy (non-hydrogen) atoms. The maximum atomic E-state index is 13.0. The lowest BCUT2D eigenvalue weighted by Gasteiger charge is -2.45. The quantitative estimate of drug-likeness (QED) is 0.862. The van der Waals surface area contributed by atoms with E-state index in [4.69, 9.17) is 4.74 Å². The van der Waals surface area contributed by atoms with Crippen LogP contribution in [0.3, 0.4) is 0 Å². The smallest absolute Gasteiger partial charge is 0.260 e. The number of hydrogen-bond donors (Lipinski definition) is 1. The van der Waals surface area contributed by atoms with Gasteiger partial charge in [-0.2, -0.15) is 0 Å². The number of ether oxygens (including phenoxy) is 1. The minimum absolute atomic E-state index is 0.113. The number of nitrogens with zero attached hydrogens (tertiary/aromatic N) is 2. The van der Waals surface area contributed by atoms with Gasteiger partial charge in [-0.15, -0.1) is 0 Å². The molecule has 1 atom stereocenters. The van der Waals surface area contributed by atoms with Crippen molar-refractivity contribution < 1.29 is 9.53 Å². The summed E-state index contributed by atoms with van der Waals surface area (Å²) in [6.45, 7) is 9.28. The lowest BCUT2D eigenvalue weighted by atomic mass is 9.86. The Labute approximate surface area is 164 Å². The Hall–Kier alpha value is -1.59. The zero-order chi connectivity index (χ0) is 19.3. The molecule has 0 aromatic heterocycles. The summed E-state index contributed by atoms with van der Waals surface area (Å²) in [6.07, 6.45) is 4.29. The Morgan fingerprint density at radius 2 is 2.00 bits per heavy atom. The number of benzene rings is 1. The summed E-state index contributed by atoms with van der Waals surface area (Å²) in [6, 6.07) is 8.12. The van der Waals surface area contributed by atoms with Gasteiger partial charge in [0.25, 0.3) is 5.91 Å². The summed E-state index contributed by atoms with van der Waals surface area (Å²) in [7, 11) is 2.22. The van der Waals surface area contributed by atoms with Gasteiger partial charge in [0.1, 0.15) is 5.75 Å². The molecule has 0 bridgehead atoms. The molecule has 1 N–H and O–H groups in total. The van der Waals surface area contributed by atoms with E-state index in [1.165, 1.54) is 5.56 Å². The second-order valence-electron chi connectivity index (χ2n) is 8.20. The maximum Gasteiger partial charge on any atom is 0.260 e. The molecule has 5 nitrogen and oxygen atoms in total. The molecular formula is C22H35N3O2. The molecule has 2 aliphatic heterocycles. The van der Waals surface area contributed by atoms with Crippen LogP contribution in [0.2, 0.25) is 0 Å². The number of likely N-dealkylation sites (N-methyl/N-ethyl adjacent to an activating group) is 1. The predicted molar refractivity (Wildman–Crippen MR) is 109 cm³/mol. The molecular weight excluding hydrogens is 338 g/mol. The zero-order valence-electron chi connectivity index (χ0n) is 17.2. The van der Waals surface area contributed by atoms with Gasteiger partial charge < -0.3 is 15.0 Å². The molecule has 150 valence electrons. The summed E-state index contributed by atoms with van der Waals surface area (Å²) >= 11 is 0. The molecule has 1 unspecified atom stereocenters. The lowest BCUT2D eigenvalue weighted by Crippen LogP contribution is -2.58. The number of nitrogens with one attached hydrogen (secondary N) is 1. The van der Waals surface area contributed by atoms with Crippen LogP contribution in [0.1, 0.15) is 51.0 Å².